The number of rotatable bonds is 3. The highest BCUT2D eigenvalue weighted by Gasteiger charge is 2.28. The first-order chi connectivity index (χ1) is 11.8. The van der Waals surface area contributed by atoms with Gasteiger partial charge in [0, 0.05) is 38.3 Å². The second-order valence-corrected chi connectivity index (χ2v) is 8.84. The van der Waals surface area contributed by atoms with Crippen LogP contribution in [0, 0.1) is 18.7 Å². The molecule has 3 nitrogen and oxygen atoms in total. The number of hydrogen-bond donors (Lipinski definition) is 0. The smallest absolute Gasteiger partial charge is 0.146 e. The van der Waals surface area contributed by atoms with Crippen LogP contribution in [0.5, 0.6) is 0 Å². The minimum atomic E-state index is -0.0806. The van der Waals surface area contributed by atoms with E-state index in [1.807, 2.05) is 19.1 Å². The van der Waals surface area contributed by atoms with E-state index in [4.69, 9.17) is 0 Å². The molecule has 2 saturated heterocycles. The molecular formula is C21H34FN3. The largest absolute Gasteiger partial charge is 0.367 e. The van der Waals surface area contributed by atoms with Crippen molar-refractivity contribution in [2.75, 3.05) is 50.7 Å². The molecule has 0 bridgehead atoms. The Morgan fingerprint density at radius 3 is 2.20 bits per heavy atom. The second-order valence-electron chi connectivity index (χ2n) is 8.84. The molecule has 0 atom stereocenters. The molecule has 0 aliphatic carbocycles. The fraction of sp³-hybridized carbons (Fsp3) is 0.714. The lowest BCUT2D eigenvalue weighted by molar-refractivity contribution is 0.0735. The van der Waals surface area contributed by atoms with Crippen molar-refractivity contribution in [3.8, 4) is 0 Å². The number of hydrogen-bond acceptors (Lipinski definition) is 3. The SMILES string of the molecule is Cc1ccc(N2CCN(CC3CCN(C(C)(C)C)CC3)CC2)c(F)c1. The Balaban J connectivity index is 1.46. The van der Waals surface area contributed by atoms with Gasteiger partial charge in [-0.3, -0.25) is 9.80 Å². The highest BCUT2D eigenvalue weighted by molar-refractivity contribution is 5.49. The monoisotopic (exact) mass is 347 g/mol. The fourth-order valence-electron chi connectivity index (χ4n) is 4.19. The van der Waals surface area contributed by atoms with Gasteiger partial charge in [0.1, 0.15) is 5.82 Å². The molecule has 2 aliphatic heterocycles. The van der Waals surface area contributed by atoms with Crippen molar-refractivity contribution in [3.63, 3.8) is 0 Å². The standard InChI is InChI=1S/C21H34FN3/c1-17-5-6-20(19(22)15-17)24-13-11-23(12-14-24)16-18-7-9-25(10-8-18)21(2,3)4/h5-6,15,18H,7-14,16H2,1-4H3. The van der Waals surface area contributed by atoms with Crippen LogP contribution in [-0.4, -0.2) is 61.2 Å². The van der Waals surface area contributed by atoms with Gasteiger partial charge in [0.2, 0.25) is 0 Å². The van der Waals surface area contributed by atoms with Crippen molar-refractivity contribution in [1.82, 2.24) is 9.80 Å². The van der Waals surface area contributed by atoms with Crippen molar-refractivity contribution in [2.45, 2.75) is 46.1 Å². The molecule has 2 aliphatic rings. The maximum Gasteiger partial charge on any atom is 0.146 e. The number of likely N-dealkylation sites (tertiary alicyclic amines) is 1. The van der Waals surface area contributed by atoms with E-state index in [2.05, 4.69) is 35.5 Å². The van der Waals surface area contributed by atoms with Crippen molar-refractivity contribution in [1.29, 1.82) is 0 Å². The van der Waals surface area contributed by atoms with Gasteiger partial charge in [0.05, 0.1) is 5.69 Å². The first kappa shape index (κ1) is 18.7. The third-order valence-electron chi connectivity index (χ3n) is 5.90. The molecule has 0 N–H and O–H groups in total. The van der Waals surface area contributed by atoms with Crippen LogP contribution in [0.4, 0.5) is 10.1 Å². The van der Waals surface area contributed by atoms with Gasteiger partial charge in [0.15, 0.2) is 0 Å². The van der Waals surface area contributed by atoms with Gasteiger partial charge in [-0.1, -0.05) is 6.07 Å². The molecule has 1 aromatic rings. The summed E-state index contributed by atoms with van der Waals surface area (Å²) >= 11 is 0. The fourth-order valence-corrected chi connectivity index (χ4v) is 4.19. The molecule has 25 heavy (non-hydrogen) atoms. The normalized spacial score (nSPS) is 21.7. The molecule has 1 aromatic carbocycles. The van der Waals surface area contributed by atoms with Crippen LogP contribution in [0.15, 0.2) is 18.2 Å². The molecule has 140 valence electrons. The van der Waals surface area contributed by atoms with E-state index in [-0.39, 0.29) is 5.82 Å². The van der Waals surface area contributed by atoms with Gasteiger partial charge in [-0.2, -0.15) is 0 Å². The van der Waals surface area contributed by atoms with Crippen LogP contribution in [0.2, 0.25) is 0 Å². The number of aryl methyl sites for hydroxylation is 1. The summed E-state index contributed by atoms with van der Waals surface area (Å²) in [6, 6.07) is 5.58. The summed E-state index contributed by atoms with van der Waals surface area (Å²) < 4.78 is 14.2. The number of benzene rings is 1. The average molecular weight is 348 g/mol. The molecule has 0 radical (unpaired) electrons. The van der Waals surface area contributed by atoms with Crippen LogP contribution in [0.1, 0.15) is 39.2 Å². The van der Waals surface area contributed by atoms with Gasteiger partial charge in [-0.15, -0.1) is 0 Å². The summed E-state index contributed by atoms with van der Waals surface area (Å²) in [4.78, 5) is 7.40. The highest BCUT2D eigenvalue weighted by atomic mass is 19.1. The molecule has 0 spiro atoms. The summed E-state index contributed by atoms with van der Waals surface area (Å²) in [5.74, 6) is 0.740. The molecule has 2 heterocycles. The zero-order valence-electron chi connectivity index (χ0n) is 16.4. The minimum absolute atomic E-state index is 0.0806. The number of halogens is 1. The van der Waals surface area contributed by atoms with Crippen LogP contribution < -0.4 is 4.90 Å². The van der Waals surface area contributed by atoms with Crippen molar-refractivity contribution in [3.05, 3.63) is 29.6 Å². The Kier molecular flexibility index (Phi) is 5.69. The van der Waals surface area contributed by atoms with E-state index >= 15 is 0 Å². The molecule has 3 rings (SSSR count). The number of piperazine rings is 1. The number of nitrogens with zero attached hydrogens (tertiary/aromatic N) is 3. The molecule has 0 unspecified atom stereocenters. The minimum Gasteiger partial charge on any atom is -0.367 e. The third-order valence-corrected chi connectivity index (χ3v) is 5.90. The number of piperidine rings is 1. The molecule has 2 fully saturated rings. The maximum atomic E-state index is 14.2. The van der Waals surface area contributed by atoms with Crippen LogP contribution >= 0.6 is 0 Å². The Labute approximate surface area is 152 Å². The van der Waals surface area contributed by atoms with Crippen molar-refractivity contribution < 1.29 is 4.39 Å². The zero-order chi connectivity index (χ0) is 18.0. The first-order valence-corrected chi connectivity index (χ1v) is 9.81. The lowest BCUT2D eigenvalue weighted by atomic mass is 9.92. The van der Waals surface area contributed by atoms with E-state index < -0.39 is 0 Å². The quantitative estimate of drug-likeness (QED) is 0.824. The van der Waals surface area contributed by atoms with Gasteiger partial charge in [0.25, 0.3) is 0 Å². The van der Waals surface area contributed by atoms with E-state index in [9.17, 15) is 4.39 Å². The lowest BCUT2D eigenvalue weighted by Crippen LogP contribution is -2.50. The van der Waals surface area contributed by atoms with Gasteiger partial charge >= 0.3 is 0 Å². The topological polar surface area (TPSA) is 9.72 Å². The van der Waals surface area contributed by atoms with Gasteiger partial charge < -0.3 is 4.90 Å². The van der Waals surface area contributed by atoms with Gasteiger partial charge in [-0.25, -0.2) is 4.39 Å². The Bertz CT molecular complexity index is 565. The van der Waals surface area contributed by atoms with Crippen molar-refractivity contribution in [2.24, 2.45) is 5.92 Å². The highest BCUT2D eigenvalue weighted by Crippen LogP contribution is 2.26. The summed E-state index contributed by atoms with van der Waals surface area (Å²) in [6.07, 6.45) is 2.62. The summed E-state index contributed by atoms with van der Waals surface area (Å²) in [5.41, 5.74) is 2.06. The first-order valence-electron chi connectivity index (χ1n) is 9.81. The zero-order valence-corrected chi connectivity index (χ0v) is 16.4. The summed E-state index contributed by atoms with van der Waals surface area (Å²) in [5, 5.41) is 0. The van der Waals surface area contributed by atoms with Crippen molar-refractivity contribution >= 4 is 5.69 Å². The van der Waals surface area contributed by atoms with Crippen LogP contribution in [0.3, 0.4) is 0 Å². The van der Waals surface area contributed by atoms with E-state index in [1.54, 1.807) is 6.07 Å². The van der Waals surface area contributed by atoms with E-state index in [0.29, 0.717) is 5.54 Å². The lowest BCUT2D eigenvalue weighted by Gasteiger charge is -2.43. The van der Waals surface area contributed by atoms with Crippen LogP contribution in [-0.2, 0) is 0 Å². The van der Waals surface area contributed by atoms with Crippen LogP contribution in [0.25, 0.3) is 0 Å². The Hall–Kier alpha value is -1.13. The molecule has 4 heteroatoms. The Morgan fingerprint density at radius 2 is 1.64 bits per heavy atom. The summed E-state index contributed by atoms with van der Waals surface area (Å²) in [7, 11) is 0. The molecular weight excluding hydrogens is 313 g/mol. The molecule has 0 saturated carbocycles. The van der Waals surface area contributed by atoms with E-state index in [0.717, 1.165) is 43.3 Å². The van der Waals surface area contributed by atoms with Gasteiger partial charge in [-0.05, 0) is 77.2 Å². The number of anilines is 1. The predicted molar refractivity (Wildman–Crippen MR) is 104 cm³/mol. The van der Waals surface area contributed by atoms with E-state index in [1.165, 1.54) is 32.5 Å². The second kappa shape index (κ2) is 7.63. The summed E-state index contributed by atoms with van der Waals surface area (Å²) in [6.45, 7) is 16.5. The molecule has 0 aromatic heterocycles. The maximum absolute atomic E-state index is 14.2. The average Bonchev–Trinajstić information content (AvgIpc) is 2.56. The predicted octanol–water partition coefficient (Wildman–Crippen LogP) is 3.77. The Morgan fingerprint density at radius 1 is 1.00 bits per heavy atom. The third kappa shape index (κ3) is 4.73. The molecule has 0 amide bonds.